The normalized spacial score (nSPS) is 14.6. The van der Waals surface area contributed by atoms with Crippen LogP contribution in [0.1, 0.15) is 87.4 Å². The van der Waals surface area contributed by atoms with Gasteiger partial charge in [-0.2, -0.15) is 18.6 Å². The number of benzene rings is 4. The Morgan fingerprint density at radius 1 is 0.730 bits per heavy atom. The third-order valence-corrected chi connectivity index (χ3v) is 13.5. The molecule has 74 heavy (non-hydrogen) atoms. The van der Waals surface area contributed by atoms with E-state index < -0.39 is 17.8 Å². The number of piperazine rings is 1. The van der Waals surface area contributed by atoms with Gasteiger partial charge in [-0.25, -0.2) is 9.18 Å². The van der Waals surface area contributed by atoms with Crippen molar-refractivity contribution in [2.24, 2.45) is 11.0 Å². The number of carbonyl (C=O) groups excluding carboxylic acids is 5. The predicted octanol–water partition coefficient (Wildman–Crippen LogP) is 6.61. The van der Waals surface area contributed by atoms with Gasteiger partial charge in [-0.3, -0.25) is 24.1 Å². The standard InChI is InChI=1S/C56H69FN6O10.H2S/c1-58-60-52(44-14-6-5-13-43(44)39-64)36-42-19-20-51(57)49(35-42)55(67)62-24-22-61(23-25-62)54(66)38-63(56(68)73-40-50-47-17-9-7-15-45(47)46-16-8-10-18-48(46)50)26-28-70-30-32-72-34-33-71-31-29-69-27-21-59-53(65)37-41-11-3-2-4-12-41;/h5-10,13-20,35,39,41,50,58H,2-4,11-12,21-34,36-38,40H2,1H3,(H,59,65);1H2/b60-52-;. The van der Waals surface area contributed by atoms with E-state index in [4.69, 9.17) is 23.7 Å². The molecule has 2 fully saturated rings. The first kappa shape index (κ1) is 57.1. The second kappa shape index (κ2) is 30.3. The number of carbonyl (C=O) groups is 5. The molecule has 1 saturated heterocycles. The number of fused-ring (bicyclic) bond motifs is 3. The summed E-state index contributed by atoms with van der Waals surface area (Å²) in [4.78, 5) is 69.9. The molecule has 0 spiro atoms. The van der Waals surface area contributed by atoms with Gasteiger partial charge < -0.3 is 44.2 Å². The number of hydrogen-bond donors (Lipinski definition) is 2. The lowest BCUT2D eigenvalue weighted by Crippen LogP contribution is -2.53. The third-order valence-electron chi connectivity index (χ3n) is 13.5. The summed E-state index contributed by atoms with van der Waals surface area (Å²) in [7, 11) is 1.64. The van der Waals surface area contributed by atoms with Crippen molar-refractivity contribution in [1.29, 1.82) is 0 Å². The molecular formula is C56H71FN6O10S. The fraction of sp³-hybridized carbons (Fsp3) is 0.464. The van der Waals surface area contributed by atoms with Crippen molar-refractivity contribution >= 4 is 49.3 Å². The molecule has 16 nitrogen and oxygen atoms in total. The summed E-state index contributed by atoms with van der Waals surface area (Å²) in [6, 6.07) is 27.5. The SMILES string of the molecule is CN/N=C(/Cc1ccc(F)c(C(=O)N2CCN(C(=O)CN(CCOCCOCCOCCOCCNC(=O)CC3CCCCC3)C(=O)OCC3c4ccccc4-c4ccccc43)CC2)c1)c1ccccc1C=O.S. The molecule has 4 aromatic rings. The van der Waals surface area contributed by atoms with Crippen molar-refractivity contribution in [1.82, 2.24) is 25.4 Å². The van der Waals surface area contributed by atoms with Crippen molar-refractivity contribution < 1.29 is 52.0 Å². The zero-order chi connectivity index (χ0) is 51.2. The van der Waals surface area contributed by atoms with Crippen molar-refractivity contribution in [3.8, 4) is 11.1 Å². The molecule has 18 heteroatoms. The van der Waals surface area contributed by atoms with Crippen molar-refractivity contribution in [2.45, 2.75) is 50.9 Å². The average molecular weight is 1040 g/mol. The lowest BCUT2D eigenvalue weighted by Gasteiger charge is -2.36. The van der Waals surface area contributed by atoms with Gasteiger partial charge in [0.2, 0.25) is 11.8 Å². The zero-order valence-corrected chi connectivity index (χ0v) is 43.4. The predicted molar refractivity (Wildman–Crippen MR) is 285 cm³/mol. The number of nitrogens with zero attached hydrogens (tertiary/aromatic N) is 4. The van der Waals surface area contributed by atoms with E-state index in [-0.39, 0.29) is 102 Å². The first-order valence-corrected chi connectivity index (χ1v) is 25.5. The van der Waals surface area contributed by atoms with E-state index in [2.05, 4.69) is 28.0 Å². The van der Waals surface area contributed by atoms with Gasteiger partial charge in [0.05, 0.1) is 64.1 Å². The number of nitrogens with one attached hydrogen (secondary N) is 2. The monoisotopic (exact) mass is 1040 g/mol. The number of rotatable bonds is 27. The van der Waals surface area contributed by atoms with Crippen LogP contribution in [0.4, 0.5) is 9.18 Å². The van der Waals surface area contributed by atoms with Crippen LogP contribution in [0.25, 0.3) is 11.1 Å². The van der Waals surface area contributed by atoms with Gasteiger partial charge in [0.25, 0.3) is 5.91 Å². The van der Waals surface area contributed by atoms with Crippen molar-refractivity contribution in [3.05, 3.63) is 130 Å². The molecule has 0 aromatic heterocycles. The zero-order valence-electron chi connectivity index (χ0n) is 42.4. The minimum absolute atomic E-state index is 0. The average Bonchev–Trinajstić information content (AvgIpc) is 3.74. The smallest absolute Gasteiger partial charge is 0.410 e. The van der Waals surface area contributed by atoms with Crippen LogP contribution in [-0.2, 0) is 39.7 Å². The second-order valence-electron chi connectivity index (χ2n) is 18.4. The highest BCUT2D eigenvalue weighted by Gasteiger charge is 2.32. The Morgan fingerprint density at radius 3 is 1.97 bits per heavy atom. The molecule has 1 aliphatic heterocycles. The maximum Gasteiger partial charge on any atom is 0.410 e. The number of hydrogen-bond acceptors (Lipinski definition) is 12. The highest BCUT2D eigenvalue weighted by atomic mass is 32.1. The van der Waals surface area contributed by atoms with Gasteiger partial charge in [-0.15, -0.1) is 0 Å². The Morgan fingerprint density at radius 2 is 1.32 bits per heavy atom. The number of hydrazone groups is 1. The van der Waals surface area contributed by atoms with E-state index in [1.807, 2.05) is 36.4 Å². The van der Waals surface area contributed by atoms with Crippen LogP contribution in [0, 0.1) is 11.7 Å². The van der Waals surface area contributed by atoms with Gasteiger partial charge in [0.15, 0.2) is 6.29 Å². The topological polar surface area (TPSA) is 178 Å². The van der Waals surface area contributed by atoms with Gasteiger partial charge in [-0.05, 0) is 58.7 Å². The Labute approximate surface area is 440 Å². The third kappa shape index (κ3) is 16.4. The summed E-state index contributed by atoms with van der Waals surface area (Å²) in [6.07, 6.45) is 6.93. The van der Waals surface area contributed by atoms with Crippen LogP contribution in [0.2, 0.25) is 0 Å². The summed E-state index contributed by atoms with van der Waals surface area (Å²) < 4.78 is 43.9. The number of ether oxygens (including phenoxy) is 5. The fourth-order valence-corrected chi connectivity index (χ4v) is 9.67. The van der Waals surface area contributed by atoms with Gasteiger partial charge in [0, 0.05) is 76.2 Å². The lowest BCUT2D eigenvalue weighted by atomic mass is 9.87. The van der Waals surface area contributed by atoms with E-state index in [0.29, 0.717) is 80.9 Å². The fourth-order valence-electron chi connectivity index (χ4n) is 9.67. The molecule has 0 unspecified atom stereocenters. The molecule has 1 heterocycles. The van der Waals surface area contributed by atoms with Gasteiger partial charge in [-0.1, -0.05) is 98.1 Å². The highest BCUT2D eigenvalue weighted by Crippen LogP contribution is 2.44. The molecule has 0 bridgehead atoms. The van der Waals surface area contributed by atoms with Crippen LogP contribution in [0.5, 0.6) is 0 Å². The van der Waals surface area contributed by atoms with Gasteiger partial charge >= 0.3 is 6.09 Å². The summed E-state index contributed by atoms with van der Waals surface area (Å²) in [6.45, 7) is 3.66. The van der Waals surface area contributed by atoms with E-state index >= 15 is 4.39 Å². The Kier molecular flexibility index (Phi) is 23.3. The maximum absolute atomic E-state index is 15.3. The van der Waals surface area contributed by atoms with Crippen molar-refractivity contribution in [3.63, 3.8) is 0 Å². The summed E-state index contributed by atoms with van der Waals surface area (Å²) in [5.74, 6) is -1.08. The summed E-state index contributed by atoms with van der Waals surface area (Å²) in [5.41, 5.74) is 9.23. The first-order chi connectivity index (χ1) is 35.7. The minimum atomic E-state index is -0.675. The molecule has 4 amide bonds. The van der Waals surface area contributed by atoms with E-state index in [1.165, 1.54) is 41.2 Å². The van der Waals surface area contributed by atoms with Crippen molar-refractivity contribution in [2.75, 3.05) is 112 Å². The van der Waals surface area contributed by atoms with Crippen LogP contribution < -0.4 is 10.7 Å². The molecular weight excluding hydrogens is 968 g/mol. The highest BCUT2D eigenvalue weighted by molar-refractivity contribution is 7.59. The molecule has 1 saturated carbocycles. The van der Waals surface area contributed by atoms with Crippen LogP contribution in [-0.4, -0.2) is 163 Å². The van der Waals surface area contributed by atoms with E-state index in [9.17, 15) is 24.0 Å². The second-order valence-corrected chi connectivity index (χ2v) is 18.4. The van der Waals surface area contributed by atoms with Crippen LogP contribution in [0.15, 0.2) is 96.1 Å². The summed E-state index contributed by atoms with van der Waals surface area (Å²) >= 11 is 0. The van der Waals surface area contributed by atoms with E-state index in [0.717, 1.165) is 41.4 Å². The molecule has 2 aliphatic carbocycles. The minimum Gasteiger partial charge on any atom is -0.448 e. The molecule has 7 rings (SSSR count). The van der Waals surface area contributed by atoms with Gasteiger partial charge in [0.1, 0.15) is 19.0 Å². The number of halogens is 1. The quantitative estimate of drug-likeness (QED) is 0.0285. The van der Waals surface area contributed by atoms with E-state index in [1.54, 1.807) is 42.3 Å². The molecule has 2 N–H and O–H groups in total. The Balaban J connectivity index is 0.00000892. The largest absolute Gasteiger partial charge is 0.448 e. The maximum atomic E-state index is 15.3. The number of aldehydes is 1. The first-order valence-electron chi connectivity index (χ1n) is 25.5. The van der Waals surface area contributed by atoms with Crippen LogP contribution in [0.3, 0.4) is 0 Å². The number of amides is 4. The lowest BCUT2D eigenvalue weighted by molar-refractivity contribution is -0.133. The molecule has 0 atom stereocenters. The molecule has 398 valence electrons. The summed E-state index contributed by atoms with van der Waals surface area (Å²) in [5, 5.41) is 7.31. The van der Waals surface area contributed by atoms with Crippen LogP contribution >= 0.6 is 13.5 Å². The molecule has 0 radical (unpaired) electrons. The Hall–Kier alpha value is -6.18. The molecule has 4 aromatic carbocycles. The Bertz CT molecular complexity index is 2460. The molecule has 3 aliphatic rings.